The van der Waals surface area contributed by atoms with E-state index in [9.17, 15) is 0 Å². The Labute approximate surface area is 326 Å². The molecule has 0 fully saturated rings. The largest absolute Gasteiger partial charge is 0.264 e. The van der Waals surface area contributed by atoms with Crippen molar-refractivity contribution in [1.29, 1.82) is 0 Å². The van der Waals surface area contributed by atoms with Gasteiger partial charge in [-0.2, -0.15) is 0 Å². The van der Waals surface area contributed by atoms with E-state index in [1.165, 1.54) is 27.8 Å². The fraction of sp³-hybridized carbons (Fsp3) is 0.0385. The lowest BCUT2D eigenvalue weighted by molar-refractivity contribution is 0.769. The van der Waals surface area contributed by atoms with Gasteiger partial charge in [-0.05, 0) is 92.4 Å². The zero-order chi connectivity index (χ0) is 37.5. The van der Waals surface area contributed by atoms with Crippen LogP contribution in [0.4, 0.5) is 0 Å². The summed E-state index contributed by atoms with van der Waals surface area (Å²) < 4.78 is 0. The Bertz CT molecular complexity index is 2810. The highest BCUT2D eigenvalue weighted by atomic mass is 15.0. The minimum atomic E-state index is -0.556. The van der Waals surface area contributed by atoms with Gasteiger partial charge >= 0.3 is 0 Å². The van der Waals surface area contributed by atoms with E-state index in [0.29, 0.717) is 17.5 Å². The van der Waals surface area contributed by atoms with Gasteiger partial charge in [-0.3, -0.25) is 4.98 Å². The van der Waals surface area contributed by atoms with Gasteiger partial charge in [0.25, 0.3) is 0 Å². The first-order valence-electron chi connectivity index (χ1n) is 19.0. The van der Waals surface area contributed by atoms with Crippen LogP contribution in [-0.2, 0) is 5.41 Å². The molecule has 4 heteroatoms. The quantitative estimate of drug-likeness (QED) is 0.165. The molecule has 0 saturated carbocycles. The normalized spacial score (nSPS) is 12.5. The molecule has 10 rings (SSSR count). The second-order valence-electron chi connectivity index (χ2n) is 14.3. The summed E-state index contributed by atoms with van der Waals surface area (Å²) in [7, 11) is 0. The third-order valence-corrected chi connectivity index (χ3v) is 11.0. The highest BCUT2D eigenvalue weighted by molar-refractivity contribution is 5.94. The molecule has 0 spiro atoms. The molecule has 2 heterocycles. The highest BCUT2D eigenvalue weighted by Gasteiger charge is 2.46. The van der Waals surface area contributed by atoms with E-state index in [2.05, 4.69) is 176 Å². The predicted molar refractivity (Wildman–Crippen MR) is 227 cm³/mol. The van der Waals surface area contributed by atoms with Crippen molar-refractivity contribution in [3.63, 3.8) is 0 Å². The molecule has 7 aromatic carbocycles. The number of hydrogen-bond acceptors (Lipinski definition) is 4. The Kier molecular flexibility index (Phi) is 8.23. The monoisotopic (exact) mass is 716 g/mol. The molecule has 264 valence electrons. The van der Waals surface area contributed by atoms with E-state index in [0.717, 1.165) is 50.1 Å². The maximum atomic E-state index is 5.35. The van der Waals surface area contributed by atoms with Crippen LogP contribution in [0.1, 0.15) is 27.8 Å². The number of nitrogens with zero attached hydrogens (tertiary/aromatic N) is 4. The van der Waals surface area contributed by atoms with Crippen molar-refractivity contribution >= 4 is 0 Å². The van der Waals surface area contributed by atoms with Crippen LogP contribution in [0, 0.1) is 6.92 Å². The first-order chi connectivity index (χ1) is 27.7. The molecule has 0 atom stereocenters. The SMILES string of the molecule is Cc1cnccc1-c1cc2c(cc1-c1nc(-c3ccccc3)nc(-c3cccc(-c4ccccc4)c3)n1)-c1ccccc1C2(c1ccccc1)c1ccccc1. The molecule has 1 aliphatic rings. The summed E-state index contributed by atoms with van der Waals surface area (Å²) >= 11 is 0. The zero-order valence-corrected chi connectivity index (χ0v) is 30.8. The van der Waals surface area contributed by atoms with Gasteiger partial charge in [0.1, 0.15) is 0 Å². The third-order valence-electron chi connectivity index (χ3n) is 11.0. The Balaban J connectivity index is 1.29. The zero-order valence-electron chi connectivity index (χ0n) is 30.8. The van der Waals surface area contributed by atoms with Gasteiger partial charge < -0.3 is 0 Å². The van der Waals surface area contributed by atoms with Crippen molar-refractivity contribution in [3.05, 3.63) is 228 Å². The summed E-state index contributed by atoms with van der Waals surface area (Å²) in [6, 6.07) is 66.6. The summed E-state index contributed by atoms with van der Waals surface area (Å²) in [6.07, 6.45) is 3.81. The number of aryl methyl sites for hydroxylation is 1. The average Bonchev–Trinajstić information content (AvgIpc) is 3.57. The topological polar surface area (TPSA) is 51.6 Å². The number of benzene rings is 7. The predicted octanol–water partition coefficient (Wildman–Crippen LogP) is 12.3. The molecule has 0 radical (unpaired) electrons. The number of fused-ring (bicyclic) bond motifs is 3. The molecule has 0 amide bonds. The van der Waals surface area contributed by atoms with Crippen LogP contribution < -0.4 is 0 Å². The van der Waals surface area contributed by atoms with E-state index in [1.807, 2.05) is 36.7 Å². The van der Waals surface area contributed by atoms with Crippen LogP contribution in [0.15, 0.2) is 200 Å². The minimum absolute atomic E-state index is 0.556. The van der Waals surface area contributed by atoms with Gasteiger partial charge in [0.05, 0.1) is 5.41 Å². The Hall–Kier alpha value is -7.30. The fourth-order valence-electron chi connectivity index (χ4n) is 8.48. The van der Waals surface area contributed by atoms with Gasteiger partial charge in [0.15, 0.2) is 17.5 Å². The van der Waals surface area contributed by atoms with Gasteiger partial charge in [-0.15, -0.1) is 0 Å². The molecule has 0 N–H and O–H groups in total. The second kappa shape index (κ2) is 13.8. The Morgan fingerprint density at radius 2 is 0.911 bits per heavy atom. The van der Waals surface area contributed by atoms with E-state index in [-0.39, 0.29) is 0 Å². The maximum Gasteiger partial charge on any atom is 0.164 e. The van der Waals surface area contributed by atoms with Crippen LogP contribution in [-0.4, -0.2) is 19.9 Å². The summed E-state index contributed by atoms with van der Waals surface area (Å²) in [6.45, 7) is 2.12. The molecule has 1 aliphatic carbocycles. The fourth-order valence-corrected chi connectivity index (χ4v) is 8.48. The van der Waals surface area contributed by atoms with Crippen LogP contribution >= 0.6 is 0 Å². The lowest BCUT2D eigenvalue weighted by Gasteiger charge is -2.34. The summed E-state index contributed by atoms with van der Waals surface area (Å²) in [4.78, 5) is 20.3. The van der Waals surface area contributed by atoms with E-state index < -0.39 is 5.41 Å². The van der Waals surface area contributed by atoms with E-state index in [4.69, 9.17) is 15.0 Å². The summed E-state index contributed by atoms with van der Waals surface area (Å²) in [5.41, 5.74) is 14.9. The number of rotatable bonds is 7. The van der Waals surface area contributed by atoms with Gasteiger partial charge in [-0.1, -0.05) is 164 Å². The third kappa shape index (κ3) is 5.54. The minimum Gasteiger partial charge on any atom is -0.264 e. The average molecular weight is 717 g/mol. The van der Waals surface area contributed by atoms with Crippen LogP contribution in [0.5, 0.6) is 0 Å². The van der Waals surface area contributed by atoms with Crippen molar-refractivity contribution in [2.45, 2.75) is 12.3 Å². The lowest BCUT2D eigenvalue weighted by atomic mass is 9.67. The van der Waals surface area contributed by atoms with Crippen molar-refractivity contribution in [1.82, 2.24) is 19.9 Å². The molecule has 56 heavy (non-hydrogen) atoms. The van der Waals surface area contributed by atoms with E-state index in [1.54, 1.807) is 0 Å². The first-order valence-corrected chi connectivity index (χ1v) is 19.0. The molecular weight excluding hydrogens is 681 g/mol. The Morgan fingerprint density at radius 3 is 1.59 bits per heavy atom. The van der Waals surface area contributed by atoms with Crippen molar-refractivity contribution in [2.24, 2.45) is 0 Å². The van der Waals surface area contributed by atoms with Crippen molar-refractivity contribution < 1.29 is 0 Å². The molecule has 9 aromatic rings. The smallest absolute Gasteiger partial charge is 0.164 e. The van der Waals surface area contributed by atoms with Crippen molar-refractivity contribution in [2.75, 3.05) is 0 Å². The number of pyridine rings is 1. The molecular formula is C52H36N4. The van der Waals surface area contributed by atoms with Crippen LogP contribution in [0.2, 0.25) is 0 Å². The molecule has 0 unspecified atom stereocenters. The molecule has 0 bridgehead atoms. The maximum absolute atomic E-state index is 5.35. The van der Waals surface area contributed by atoms with Gasteiger partial charge in [0, 0.05) is 29.1 Å². The molecule has 0 saturated heterocycles. The van der Waals surface area contributed by atoms with Crippen molar-refractivity contribution in [3.8, 4) is 67.5 Å². The standard InChI is InChI=1S/C52H36N4/c1-35-34-53-30-29-42(35)44-33-48-45(43-27-14-15-28-47(43)52(48,40-23-10-4-11-24-40)41-25-12-5-13-26-41)32-46(44)51-55-49(37-19-8-3-9-20-37)54-50(56-51)39-22-16-21-38(31-39)36-17-6-2-7-18-36/h2-34H,1H3. The number of hydrogen-bond donors (Lipinski definition) is 0. The molecule has 2 aromatic heterocycles. The molecule has 4 nitrogen and oxygen atoms in total. The summed E-state index contributed by atoms with van der Waals surface area (Å²) in [5, 5.41) is 0. The molecule has 0 aliphatic heterocycles. The highest BCUT2D eigenvalue weighted by Crippen LogP contribution is 2.58. The first kappa shape index (κ1) is 33.3. The van der Waals surface area contributed by atoms with Gasteiger partial charge in [-0.25, -0.2) is 15.0 Å². The van der Waals surface area contributed by atoms with Crippen LogP contribution in [0.25, 0.3) is 67.5 Å². The summed E-state index contributed by atoms with van der Waals surface area (Å²) in [5.74, 6) is 1.85. The Morgan fingerprint density at radius 1 is 0.357 bits per heavy atom. The van der Waals surface area contributed by atoms with Gasteiger partial charge in [0.2, 0.25) is 0 Å². The van der Waals surface area contributed by atoms with Crippen LogP contribution in [0.3, 0.4) is 0 Å². The second-order valence-corrected chi connectivity index (χ2v) is 14.3. The lowest BCUT2D eigenvalue weighted by Crippen LogP contribution is -2.28. The number of aromatic nitrogens is 4. The van der Waals surface area contributed by atoms with E-state index >= 15 is 0 Å².